The van der Waals surface area contributed by atoms with Crippen molar-refractivity contribution in [1.82, 2.24) is 4.90 Å². The molecule has 1 nitrogen and oxygen atoms in total. The summed E-state index contributed by atoms with van der Waals surface area (Å²) in [5.74, 6) is 0. The topological polar surface area (TPSA) is 3.24 Å². The monoisotopic (exact) mass is 215 g/mol. The molecule has 0 saturated carbocycles. The van der Waals surface area contributed by atoms with Gasteiger partial charge in [0, 0.05) is 0 Å². The normalized spacial score (nSPS) is 24.0. The van der Waals surface area contributed by atoms with Crippen LogP contribution in [0.1, 0.15) is 0 Å². The summed E-state index contributed by atoms with van der Waals surface area (Å²) in [6, 6.07) is 0. The van der Waals surface area contributed by atoms with Crippen LogP contribution < -0.4 is 0 Å². The molecule has 0 unspecified atom stereocenters. The molecule has 8 heavy (non-hydrogen) atoms. The van der Waals surface area contributed by atoms with Gasteiger partial charge in [0.1, 0.15) is 0 Å². The van der Waals surface area contributed by atoms with Crippen LogP contribution in [-0.4, -0.2) is 46.5 Å². The van der Waals surface area contributed by atoms with Gasteiger partial charge in [0.2, 0.25) is 0 Å². The zero-order valence-corrected chi connectivity index (χ0v) is 9.15. The Morgan fingerprint density at radius 1 is 1.25 bits per heavy atom. The Kier molecular flexibility index (Phi) is 2.70. The minimum atomic E-state index is -0.765. The van der Waals surface area contributed by atoms with Crippen LogP contribution in [0, 0.1) is 0 Å². The van der Waals surface area contributed by atoms with Gasteiger partial charge in [0.05, 0.1) is 0 Å². The fourth-order valence-corrected chi connectivity index (χ4v) is 6.99. The van der Waals surface area contributed by atoms with E-state index in [1.807, 2.05) is 0 Å². The molecule has 0 aromatic rings. The van der Waals surface area contributed by atoms with Crippen molar-refractivity contribution >= 4 is 21.4 Å². The van der Waals surface area contributed by atoms with Gasteiger partial charge in [-0.25, -0.2) is 0 Å². The van der Waals surface area contributed by atoms with Crippen molar-refractivity contribution in [3.8, 4) is 0 Å². The molecule has 0 spiro atoms. The van der Waals surface area contributed by atoms with Crippen LogP contribution in [0.5, 0.6) is 0 Å². The van der Waals surface area contributed by atoms with Crippen LogP contribution in [-0.2, 0) is 0 Å². The number of nitrogens with zero attached hydrogens (tertiary/aromatic N) is 1. The van der Waals surface area contributed by atoms with Crippen LogP contribution in [0.3, 0.4) is 0 Å². The molecule has 46 valence electrons. The molecule has 0 bridgehead atoms. The molecule has 0 aliphatic carbocycles. The van der Waals surface area contributed by atoms with Gasteiger partial charge >= 0.3 is 59.5 Å². The Hall–Kier alpha value is 0.830. The Labute approximate surface area is 59.6 Å². The number of hydrogen-bond acceptors (Lipinski definition) is 1. The van der Waals surface area contributed by atoms with Gasteiger partial charge in [-0.3, -0.25) is 0 Å². The van der Waals surface area contributed by atoms with Gasteiger partial charge in [-0.15, -0.1) is 0 Å². The standard InChI is InChI=1S/C5H11N.CH3.In/c1-4-6(3)5-2;;/h1-2,4-5H2,3H3;1H3;. The van der Waals surface area contributed by atoms with Crippen molar-refractivity contribution in [2.45, 2.75) is 13.0 Å². The molecule has 1 saturated heterocycles. The predicted octanol–water partition coefficient (Wildman–Crippen LogP) is 1.06. The number of hydrogen-bond donors (Lipinski definition) is 0. The van der Waals surface area contributed by atoms with Gasteiger partial charge in [-0.2, -0.15) is 0 Å². The Bertz CT molecular complexity index is 56.9. The molecule has 1 rings (SSSR count). The average molecular weight is 215 g/mol. The van der Waals surface area contributed by atoms with Crippen LogP contribution >= 0.6 is 0 Å². The first-order valence-electron chi connectivity index (χ1n) is 3.47. The Morgan fingerprint density at radius 3 is 2.12 bits per heavy atom. The average Bonchev–Trinajstić information content (AvgIpc) is 1.77. The van der Waals surface area contributed by atoms with Crippen LogP contribution in [0.2, 0.25) is 13.0 Å². The van der Waals surface area contributed by atoms with Crippen molar-refractivity contribution in [3.05, 3.63) is 0 Å². The molecular weight excluding hydrogens is 201 g/mol. The van der Waals surface area contributed by atoms with Gasteiger partial charge < -0.3 is 0 Å². The van der Waals surface area contributed by atoms with Crippen molar-refractivity contribution in [2.24, 2.45) is 0 Å². The summed E-state index contributed by atoms with van der Waals surface area (Å²) in [4.78, 5) is 2.46. The molecule has 0 N–H and O–H groups in total. The second kappa shape index (κ2) is 3.11. The summed E-state index contributed by atoms with van der Waals surface area (Å²) < 4.78 is 5.77. The van der Waals surface area contributed by atoms with E-state index < -0.39 is 21.4 Å². The minimum absolute atomic E-state index is 0.765. The quantitative estimate of drug-likeness (QED) is 0.583. The molecule has 0 atom stereocenters. The van der Waals surface area contributed by atoms with E-state index in [0.29, 0.717) is 0 Å². The van der Waals surface area contributed by atoms with Gasteiger partial charge in [-0.05, 0) is 0 Å². The fourth-order valence-electron chi connectivity index (χ4n) is 1.14. The van der Waals surface area contributed by atoms with E-state index >= 15 is 0 Å². The summed E-state index contributed by atoms with van der Waals surface area (Å²) in [5, 5.41) is 0. The molecule has 1 aliphatic rings. The van der Waals surface area contributed by atoms with Gasteiger partial charge in [0.15, 0.2) is 0 Å². The fraction of sp³-hybridized carbons (Fsp3) is 1.00. The van der Waals surface area contributed by atoms with E-state index in [9.17, 15) is 0 Å². The SMILES string of the molecule is CN1C[CH2][In]([CH3])[CH2]C1. The first-order chi connectivity index (χ1) is 3.79. The molecule has 0 amide bonds. The van der Waals surface area contributed by atoms with Crippen molar-refractivity contribution in [2.75, 3.05) is 20.1 Å². The van der Waals surface area contributed by atoms with E-state index in [4.69, 9.17) is 0 Å². The van der Waals surface area contributed by atoms with E-state index in [1.165, 1.54) is 13.1 Å². The zero-order chi connectivity index (χ0) is 5.98. The summed E-state index contributed by atoms with van der Waals surface area (Å²) in [6.07, 6.45) is 0. The maximum atomic E-state index is 2.55. The van der Waals surface area contributed by atoms with Crippen molar-refractivity contribution in [3.63, 3.8) is 0 Å². The molecular formula is C6H14InN. The molecule has 0 aromatic carbocycles. The second-order valence-electron chi connectivity index (χ2n) is 2.99. The predicted molar refractivity (Wildman–Crippen MR) is 38.7 cm³/mol. The van der Waals surface area contributed by atoms with Crippen LogP contribution in [0.4, 0.5) is 0 Å². The maximum absolute atomic E-state index is 2.55. The molecule has 1 aliphatic heterocycles. The molecule has 1 fully saturated rings. The van der Waals surface area contributed by atoms with Crippen LogP contribution in [0.15, 0.2) is 0 Å². The molecule has 0 radical (unpaired) electrons. The van der Waals surface area contributed by atoms with Gasteiger partial charge in [0.25, 0.3) is 0 Å². The van der Waals surface area contributed by atoms with Crippen molar-refractivity contribution < 1.29 is 0 Å². The van der Waals surface area contributed by atoms with E-state index in [1.54, 1.807) is 8.35 Å². The first-order valence-corrected chi connectivity index (χ1v) is 11.4. The first kappa shape index (κ1) is 6.94. The third kappa shape index (κ3) is 1.98. The third-order valence-electron chi connectivity index (χ3n) is 2.01. The Balaban J connectivity index is 2.19. The summed E-state index contributed by atoms with van der Waals surface area (Å²) in [7, 11) is 2.23. The van der Waals surface area contributed by atoms with E-state index in [0.717, 1.165) is 0 Å². The van der Waals surface area contributed by atoms with E-state index in [-0.39, 0.29) is 0 Å². The van der Waals surface area contributed by atoms with Gasteiger partial charge in [-0.1, -0.05) is 0 Å². The molecule has 2 heteroatoms. The summed E-state index contributed by atoms with van der Waals surface area (Å²) in [6.45, 7) is 2.80. The second-order valence-corrected chi connectivity index (χ2v) is 12.6. The molecule has 1 heterocycles. The van der Waals surface area contributed by atoms with Crippen molar-refractivity contribution in [1.29, 1.82) is 0 Å². The number of rotatable bonds is 0. The third-order valence-corrected chi connectivity index (χ3v) is 9.11. The Morgan fingerprint density at radius 2 is 1.75 bits per heavy atom. The zero-order valence-electron chi connectivity index (χ0n) is 5.85. The molecule has 0 aromatic heterocycles. The van der Waals surface area contributed by atoms with E-state index in [2.05, 4.69) is 16.6 Å². The summed E-state index contributed by atoms with van der Waals surface area (Å²) >= 11 is -0.765. The van der Waals surface area contributed by atoms with Crippen LogP contribution in [0.25, 0.3) is 0 Å². The summed E-state index contributed by atoms with van der Waals surface area (Å²) in [5.41, 5.74) is 0.